The number of aromatic nitrogens is 2. The Hall–Kier alpha value is -2.75. The molecule has 0 bridgehead atoms. The van der Waals surface area contributed by atoms with Crippen LogP contribution in [-0.2, 0) is 11.3 Å². The molecular formula is C18H17N3O. The molecule has 1 aromatic heterocycles. The number of carbonyl (C=O) groups is 1. The highest BCUT2D eigenvalue weighted by Crippen LogP contribution is 2.41. The van der Waals surface area contributed by atoms with Crippen molar-refractivity contribution in [1.29, 1.82) is 0 Å². The summed E-state index contributed by atoms with van der Waals surface area (Å²) in [6.07, 6.45) is 0.494. The third kappa shape index (κ3) is 1.80. The van der Waals surface area contributed by atoms with Crippen LogP contribution >= 0.6 is 0 Å². The van der Waals surface area contributed by atoms with Crippen LogP contribution in [0.25, 0.3) is 22.5 Å². The summed E-state index contributed by atoms with van der Waals surface area (Å²) in [6, 6.07) is 16.3. The number of H-pyrrole nitrogens is 2. The van der Waals surface area contributed by atoms with E-state index >= 15 is 0 Å². The van der Waals surface area contributed by atoms with Gasteiger partial charge in [-0.15, -0.1) is 0 Å². The topological polar surface area (TPSA) is 51.9 Å². The van der Waals surface area contributed by atoms with Crippen molar-refractivity contribution in [3.05, 3.63) is 54.1 Å². The second-order valence-corrected chi connectivity index (χ2v) is 5.51. The van der Waals surface area contributed by atoms with Crippen LogP contribution in [0.3, 0.4) is 0 Å². The number of benzene rings is 2. The molecule has 4 nitrogen and oxygen atoms in total. The number of hydrogen-bond acceptors (Lipinski definition) is 1. The second kappa shape index (κ2) is 4.91. The fourth-order valence-corrected chi connectivity index (χ4v) is 3.08. The van der Waals surface area contributed by atoms with Crippen molar-refractivity contribution in [2.24, 2.45) is 0 Å². The van der Waals surface area contributed by atoms with Crippen LogP contribution < -0.4 is 4.90 Å². The maximum atomic E-state index is 12.5. The number of hydrogen-bond donors (Lipinski definition) is 2. The lowest BCUT2D eigenvalue weighted by molar-refractivity contribution is -0.118. The van der Waals surface area contributed by atoms with E-state index in [1.54, 1.807) is 0 Å². The monoisotopic (exact) mass is 291 g/mol. The maximum Gasteiger partial charge on any atom is 0.227 e. The average molecular weight is 291 g/mol. The molecule has 1 aliphatic heterocycles. The Morgan fingerprint density at radius 2 is 1.64 bits per heavy atom. The first-order chi connectivity index (χ1) is 10.8. The molecule has 0 radical (unpaired) electrons. The lowest BCUT2D eigenvalue weighted by Crippen LogP contribution is -2.31. The van der Waals surface area contributed by atoms with Crippen LogP contribution in [0.2, 0.25) is 0 Å². The van der Waals surface area contributed by atoms with Crippen LogP contribution in [-0.4, -0.2) is 16.1 Å². The average Bonchev–Trinajstić information content (AvgIpc) is 2.52. The number of amides is 1. The van der Waals surface area contributed by atoms with Crippen molar-refractivity contribution >= 4 is 11.6 Å². The van der Waals surface area contributed by atoms with E-state index in [4.69, 9.17) is 0 Å². The Morgan fingerprint density at radius 3 is 2.36 bits per heavy atom. The highest BCUT2D eigenvalue weighted by molar-refractivity contribution is 6.00. The maximum absolute atomic E-state index is 12.5. The molecule has 0 saturated carbocycles. The van der Waals surface area contributed by atoms with Gasteiger partial charge in [0.2, 0.25) is 5.91 Å². The summed E-state index contributed by atoms with van der Waals surface area (Å²) in [5.41, 5.74) is 6.49. The van der Waals surface area contributed by atoms with Gasteiger partial charge in [-0.05, 0) is 11.6 Å². The number of nitrogens with zero attached hydrogens (tertiary/aromatic N) is 1. The van der Waals surface area contributed by atoms with Gasteiger partial charge in [-0.1, -0.05) is 49.4 Å². The molecule has 0 unspecified atom stereocenters. The standard InChI is InChI=1S/C18H17N3O/c1-2-16(22)21-11-12-7-3-4-8-13(12)17-18(20-19-17)14-9-5-6-10-15(14)21/h3-10,19-20H,2,11H2,1H3. The van der Waals surface area contributed by atoms with E-state index in [2.05, 4.69) is 28.4 Å². The van der Waals surface area contributed by atoms with Crippen molar-refractivity contribution in [3.8, 4) is 22.5 Å². The summed E-state index contributed by atoms with van der Waals surface area (Å²) >= 11 is 0. The molecular weight excluding hydrogens is 274 g/mol. The summed E-state index contributed by atoms with van der Waals surface area (Å²) < 4.78 is 0. The first-order valence-corrected chi connectivity index (χ1v) is 7.54. The van der Waals surface area contributed by atoms with Crippen LogP contribution in [0.15, 0.2) is 48.5 Å². The van der Waals surface area contributed by atoms with Crippen molar-refractivity contribution in [2.45, 2.75) is 19.9 Å². The number of aromatic amines is 2. The van der Waals surface area contributed by atoms with Gasteiger partial charge in [0.05, 0.1) is 23.6 Å². The zero-order valence-electron chi connectivity index (χ0n) is 12.4. The summed E-state index contributed by atoms with van der Waals surface area (Å²) in [5, 5.41) is 6.38. The zero-order chi connectivity index (χ0) is 15.1. The van der Waals surface area contributed by atoms with Gasteiger partial charge >= 0.3 is 0 Å². The van der Waals surface area contributed by atoms with E-state index in [1.165, 1.54) is 0 Å². The van der Waals surface area contributed by atoms with Crippen LogP contribution in [0.4, 0.5) is 5.69 Å². The predicted molar refractivity (Wildman–Crippen MR) is 87.5 cm³/mol. The van der Waals surface area contributed by atoms with Crippen molar-refractivity contribution in [1.82, 2.24) is 10.2 Å². The molecule has 2 heterocycles. The number of rotatable bonds is 1. The van der Waals surface area contributed by atoms with Gasteiger partial charge in [-0.25, -0.2) is 0 Å². The quantitative estimate of drug-likeness (QED) is 0.701. The summed E-state index contributed by atoms with van der Waals surface area (Å²) in [5.74, 6) is 0.138. The van der Waals surface area contributed by atoms with Gasteiger partial charge in [0.15, 0.2) is 0 Å². The molecule has 0 saturated heterocycles. The van der Waals surface area contributed by atoms with Gasteiger partial charge < -0.3 is 4.90 Å². The highest BCUT2D eigenvalue weighted by atomic mass is 16.2. The van der Waals surface area contributed by atoms with Crippen molar-refractivity contribution in [3.63, 3.8) is 0 Å². The third-order valence-electron chi connectivity index (χ3n) is 4.25. The molecule has 4 rings (SSSR count). The molecule has 2 N–H and O–H groups in total. The Bertz CT molecular complexity index is 843. The molecule has 4 heteroatoms. The van der Waals surface area contributed by atoms with Gasteiger partial charge in [0, 0.05) is 17.5 Å². The second-order valence-electron chi connectivity index (χ2n) is 5.51. The SMILES string of the molecule is CCC(=O)N1Cc2ccccc2-c2[nH][nH]c2-c2ccccc21. The molecule has 1 amide bonds. The molecule has 1 aliphatic rings. The smallest absolute Gasteiger partial charge is 0.227 e. The van der Waals surface area contributed by atoms with E-state index in [-0.39, 0.29) is 5.91 Å². The Labute approximate surface area is 128 Å². The summed E-state index contributed by atoms with van der Waals surface area (Å²) in [7, 11) is 0. The predicted octanol–water partition coefficient (Wildman–Crippen LogP) is 3.93. The largest absolute Gasteiger partial charge is 0.307 e. The summed E-state index contributed by atoms with van der Waals surface area (Å²) in [4.78, 5) is 14.4. The molecule has 2 aromatic carbocycles. The van der Waals surface area contributed by atoms with Crippen LogP contribution in [0.5, 0.6) is 0 Å². The van der Waals surface area contributed by atoms with Crippen molar-refractivity contribution in [2.75, 3.05) is 4.90 Å². The van der Waals surface area contributed by atoms with E-state index in [0.717, 1.165) is 33.8 Å². The van der Waals surface area contributed by atoms with E-state index in [0.29, 0.717) is 13.0 Å². The first kappa shape index (κ1) is 13.0. The van der Waals surface area contributed by atoms with Gasteiger partial charge in [0.1, 0.15) is 0 Å². The number of anilines is 1. The number of carbonyl (C=O) groups excluding carboxylic acids is 1. The minimum Gasteiger partial charge on any atom is -0.307 e. The van der Waals surface area contributed by atoms with Crippen LogP contribution in [0, 0.1) is 0 Å². The van der Waals surface area contributed by atoms with Gasteiger partial charge in [-0.2, -0.15) is 0 Å². The minimum atomic E-state index is 0.138. The first-order valence-electron chi connectivity index (χ1n) is 7.54. The zero-order valence-corrected chi connectivity index (χ0v) is 12.4. The molecule has 110 valence electrons. The lowest BCUT2D eigenvalue weighted by Gasteiger charge is -2.30. The van der Waals surface area contributed by atoms with E-state index in [1.807, 2.05) is 42.2 Å². The van der Waals surface area contributed by atoms with E-state index in [9.17, 15) is 4.79 Å². The number of nitrogens with one attached hydrogen (secondary N) is 2. The normalized spacial score (nSPS) is 12.9. The highest BCUT2D eigenvalue weighted by Gasteiger charge is 2.26. The van der Waals surface area contributed by atoms with Crippen LogP contribution in [0.1, 0.15) is 18.9 Å². The fraction of sp³-hybridized carbons (Fsp3) is 0.167. The Balaban J connectivity index is 1.99. The molecule has 22 heavy (non-hydrogen) atoms. The molecule has 0 fully saturated rings. The van der Waals surface area contributed by atoms with Gasteiger partial charge in [0.25, 0.3) is 0 Å². The Kier molecular flexibility index (Phi) is 2.89. The Morgan fingerprint density at radius 1 is 1.00 bits per heavy atom. The molecule has 0 aliphatic carbocycles. The summed E-state index contributed by atoms with van der Waals surface area (Å²) in [6.45, 7) is 2.50. The lowest BCUT2D eigenvalue weighted by atomic mass is 9.95. The fourth-order valence-electron chi connectivity index (χ4n) is 3.08. The van der Waals surface area contributed by atoms with Crippen molar-refractivity contribution < 1.29 is 4.79 Å². The third-order valence-corrected chi connectivity index (χ3v) is 4.25. The molecule has 3 aromatic rings. The molecule has 0 spiro atoms. The number of para-hydroxylation sites is 1. The number of fused-ring (bicyclic) bond motifs is 5. The van der Waals surface area contributed by atoms with E-state index < -0.39 is 0 Å². The van der Waals surface area contributed by atoms with Gasteiger partial charge in [-0.3, -0.25) is 15.0 Å². The molecule has 0 atom stereocenters. The minimum absolute atomic E-state index is 0.138.